The summed E-state index contributed by atoms with van der Waals surface area (Å²) < 4.78 is 23.8. The number of amides is 1. The van der Waals surface area contributed by atoms with E-state index in [4.69, 9.17) is 5.73 Å². The van der Waals surface area contributed by atoms with Gasteiger partial charge in [0.25, 0.3) is 5.91 Å². The second kappa shape index (κ2) is 6.65. The number of rotatable bonds is 4. The van der Waals surface area contributed by atoms with E-state index >= 15 is 0 Å². The second-order valence-electron chi connectivity index (χ2n) is 6.61. The number of carbonyl (C=O) groups excluding carboxylic acids is 1. The fraction of sp³-hybridized carbons (Fsp3) is 0.278. The van der Waals surface area contributed by atoms with Crippen LogP contribution in [0.15, 0.2) is 48.5 Å². The molecule has 3 N–H and O–H groups in total. The molecule has 0 aromatic heterocycles. The second-order valence-corrected chi connectivity index (χ2v) is 9.36. The Morgan fingerprint density at radius 3 is 2.38 bits per heavy atom. The SMILES string of the molecule is CC(C)(C)S(=O)(=O)Cc1cccc(NC(=O)c2ccccc2N)c1. The maximum absolute atomic E-state index is 12.3. The first-order valence-electron chi connectivity index (χ1n) is 7.57. The van der Waals surface area contributed by atoms with Crippen LogP contribution in [0.1, 0.15) is 36.7 Å². The Morgan fingerprint density at radius 2 is 1.75 bits per heavy atom. The van der Waals surface area contributed by atoms with Crippen molar-refractivity contribution in [2.75, 3.05) is 11.1 Å². The van der Waals surface area contributed by atoms with Crippen LogP contribution in [0.2, 0.25) is 0 Å². The third-order valence-electron chi connectivity index (χ3n) is 3.68. The highest BCUT2D eigenvalue weighted by atomic mass is 32.2. The van der Waals surface area contributed by atoms with E-state index in [-0.39, 0.29) is 11.7 Å². The average molecular weight is 346 g/mol. The predicted molar refractivity (Wildman–Crippen MR) is 97.6 cm³/mol. The normalized spacial score (nSPS) is 12.0. The van der Waals surface area contributed by atoms with Gasteiger partial charge < -0.3 is 11.1 Å². The number of carbonyl (C=O) groups is 1. The van der Waals surface area contributed by atoms with Gasteiger partial charge in [-0.1, -0.05) is 24.3 Å². The molecule has 2 aromatic rings. The fourth-order valence-electron chi connectivity index (χ4n) is 2.08. The van der Waals surface area contributed by atoms with Crippen molar-refractivity contribution >= 4 is 27.1 Å². The monoisotopic (exact) mass is 346 g/mol. The van der Waals surface area contributed by atoms with Gasteiger partial charge in [-0.05, 0) is 50.6 Å². The van der Waals surface area contributed by atoms with E-state index in [0.717, 1.165) is 0 Å². The molecule has 6 heteroatoms. The van der Waals surface area contributed by atoms with Gasteiger partial charge in [-0.15, -0.1) is 0 Å². The standard InChI is InChI=1S/C18H22N2O3S/c1-18(2,3)24(22,23)12-13-7-6-8-14(11-13)20-17(21)15-9-4-5-10-16(15)19/h4-11H,12,19H2,1-3H3,(H,20,21). The van der Waals surface area contributed by atoms with Crippen molar-refractivity contribution < 1.29 is 13.2 Å². The summed E-state index contributed by atoms with van der Waals surface area (Å²) in [7, 11) is -3.29. The number of nitrogens with two attached hydrogens (primary N) is 1. The summed E-state index contributed by atoms with van der Waals surface area (Å²) in [5.41, 5.74) is 7.73. The lowest BCUT2D eigenvalue weighted by Gasteiger charge is -2.19. The van der Waals surface area contributed by atoms with Crippen molar-refractivity contribution in [3.63, 3.8) is 0 Å². The van der Waals surface area contributed by atoms with Crippen molar-refractivity contribution in [1.29, 1.82) is 0 Å². The molecule has 2 rings (SSSR count). The summed E-state index contributed by atoms with van der Waals surface area (Å²) in [6.45, 7) is 5.02. The topological polar surface area (TPSA) is 89.3 Å². The molecule has 0 atom stereocenters. The summed E-state index contributed by atoms with van der Waals surface area (Å²) in [6, 6.07) is 13.6. The van der Waals surface area contributed by atoms with Gasteiger partial charge in [0.05, 0.1) is 16.1 Å². The van der Waals surface area contributed by atoms with Crippen LogP contribution in [-0.4, -0.2) is 19.1 Å². The molecule has 24 heavy (non-hydrogen) atoms. The first-order chi connectivity index (χ1) is 11.1. The van der Waals surface area contributed by atoms with Gasteiger partial charge >= 0.3 is 0 Å². The molecule has 2 aromatic carbocycles. The molecule has 0 saturated carbocycles. The van der Waals surface area contributed by atoms with E-state index in [1.165, 1.54) is 0 Å². The minimum atomic E-state index is -3.29. The molecule has 0 unspecified atom stereocenters. The van der Waals surface area contributed by atoms with Gasteiger partial charge in [-0.25, -0.2) is 8.42 Å². The summed E-state index contributed by atoms with van der Waals surface area (Å²) in [5, 5.41) is 2.75. The Balaban J connectivity index is 2.20. The average Bonchev–Trinajstić information content (AvgIpc) is 2.46. The molecular formula is C18H22N2O3S. The van der Waals surface area contributed by atoms with Crippen LogP contribution in [0, 0.1) is 0 Å². The summed E-state index contributed by atoms with van der Waals surface area (Å²) in [6.07, 6.45) is 0. The Hall–Kier alpha value is -2.34. The molecule has 128 valence electrons. The molecule has 0 heterocycles. The number of nitrogen functional groups attached to an aromatic ring is 1. The van der Waals surface area contributed by atoms with E-state index in [1.54, 1.807) is 69.3 Å². The van der Waals surface area contributed by atoms with Gasteiger partial charge in [-0.3, -0.25) is 4.79 Å². The lowest BCUT2D eigenvalue weighted by Crippen LogP contribution is -2.29. The van der Waals surface area contributed by atoms with Crippen molar-refractivity contribution in [3.8, 4) is 0 Å². The van der Waals surface area contributed by atoms with E-state index in [9.17, 15) is 13.2 Å². The maximum Gasteiger partial charge on any atom is 0.257 e. The molecule has 0 aliphatic carbocycles. The zero-order valence-electron chi connectivity index (χ0n) is 14.0. The molecular weight excluding hydrogens is 324 g/mol. The Kier molecular flexibility index (Phi) is 4.99. The van der Waals surface area contributed by atoms with E-state index in [1.807, 2.05) is 0 Å². The minimum Gasteiger partial charge on any atom is -0.398 e. The van der Waals surface area contributed by atoms with Crippen LogP contribution >= 0.6 is 0 Å². The molecule has 0 radical (unpaired) electrons. The number of sulfone groups is 1. The highest BCUT2D eigenvalue weighted by Gasteiger charge is 2.29. The Labute approximate surface area is 142 Å². The first-order valence-corrected chi connectivity index (χ1v) is 9.22. The third-order valence-corrected chi connectivity index (χ3v) is 6.26. The fourth-order valence-corrected chi connectivity index (χ4v) is 3.13. The van der Waals surface area contributed by atoms with Crippen LogP contribution in [0.3, 0.4) is 0 Å². The lowest BCUT2D eigenvalue weighted by molar-refractivity contribution is 0.102. The predicted octanol–water partition coefficient (Wildman–Crippen LogP) is 3.23. The Bertz CT molecular complexity index is 853. The molecule has 0 aliphatic rings. The number of hydrogen-bond acceptors (Lipinski definition) is 4. The van der Waals surface area contributed by atoms with Crippen LogP contribution < -0.4 is 11.1 Å². The van der Waals surface area contributed by atoms with E-state index in [0.29, 0.717) is 22.5 Å². The summed E-state index contributed by atoms with van der Waals surface area (Å²) in [5.74, 6) is -0.405. The number of nitrogens with one attached hydrogen (secondary N) is 1. The highest BCUT2D eigenvalue weighted by molar-refractivity contribution is 7.91. The van der Waals surface area contributed by atoms with E-state index < -0.39 is 14.6 Å². The van der Waals surface area contributed by atoms with Crippen molar-refractivity contribution in [1.82, 2.24) is 0 Å². The Morgan fingerprint density at radius 1 is 1.08 bits per heavy atom. The number of para-hydroxylation sites is 1. The smallest absolute Gasteiger partial charge is 0.257 e. The first kappa shape index (κ1) is 18.0. The largest absolute Gasteiger partial charge is 0.398 e. The van der Waals surface area contributed by atoms with Gasteiger partial charge in [-0.2, -0.15) is 0 Å². The molecule has 0 spiro atoms. The van der Waals surface area contributed by atoms with Crippen LogP contribution in [-0.2, 0) is 15.6 Å². The van der Waals surface area contributed by atoms with Crippen molar-refractivity contribution in [3.05, 3.63) is 59.7 Å². The third kappa shape index (κ3) is 4.14. The number of hydrogen-bond donors (Lipinski definition) is 2. The zero-order valence-corrected chi connectivity index (χ0v) is 14.9. The number of anilines is 2. The molecule has 0 fully saturated rings. The summed E-state index contributed by atoms with van der Waals surface area (Å²) in [4.78, 5) is 12.3. The minimum absolute atomic E-state index is 0.0757. The van der Waals surface area contributed by atoms with Gasteiger partial charge in [0.2, 0.25) is 0 Å². The molecule has 5 nitrogen and oxygen atoms in total. The summed E-state index contributed by atoms with van der Waals surface area (Å²) >= 11 is 0. The molecule has 0 saturated heterocycles. The van der Waals surface area contributed by atoms with Crippen LogP contribution in [0.5, 0.6) is 0 Å². The lowest BCUT2D eigenvalue weighted by atomic mass is 10.1. The number of benzene rings is 2. The maximum atomic E-state index is 12.3. The van der Waals surface area contributed by atoms with Crippen LogP contribution in [0.4, 0.5) is 11.4 Å². The molecule has 1 amide bonds. The molecule has 0 aliphatic heterocycles. The highest BCUT2D eigenvalue weighted by Crippen LogP contribution is 2.22. The van der Waals surface area contributed by atoms with Crippen molar-refractivity contribution in [2.45, 2.75) is 31.3 Å². The van der Waals surface area contributed by atoms with Crippen LogP contribution in [0.25, 0.3) is 0 Å². The van der Waals surface area contributed by atoms with Gasteiger partial charge in [0.1, 0.15) is 0 Å². The van der Waals surface area contributed by atoms with Gasteiger partial charge in [0, 0.05) is 11.4 Å². The van der Waals surface area contributed by atoms with Crippen molar-refractivity contribution in [2.24, 2.45) is 0 Å². The molecule has 0 bridgehead atoms. The quantitative estimate of drug-likeness (QED) is 0.832. The van der Waals surface area contributed by atoms with E-state index in [2.05, 4.69) is 5.32 Å². The zero-order chi connectivity index (χ0) is 18.0. The van der Waals surface area contributed by atoms with Gasteiger partial charge in [0.15, 0.2) is 9.84 Å².